The van der Waals surface area contributed by atoms with Crippen LogP contribution in [0.3, 0.4) is 0 Å². The van der Waals surface area contributed by atoms with E-state index in [2.05, 4.69) is 0 Å². The van der Waals surface area contributed by atoms with Crippen molar-refractivity contribution >= 4 is 17.8 Å². The zero-order valence-electron chi connectivity index (χ0n) is 10.5. The van der Waals surface area contributed by atoms with E-state index in [1.54, 1.807) is 12.1 Å². The minimum atomic E-state index is -0.167. The van der Waals surface area contributed by atoms with E-state index in [-0.39, 0.29) is 17.8 Å². The number of fused-ring (bicyclic) bond motifs is 1. The maximum absolute atomic E-state index is 11.0. The molecule has 98 valence electrons. The minimum absolute atomic E-state index is 0.120. The van der Waals surface area contributed by atoms with Crippen LogP contribution in [0.1, 0.15) is 19.8 Å². The summed E-state index contributed by atoms with van der Waals surface area (Å²) in [4.78, 5) is 32.4. The highest BCUT2D eigenvalue weighted by atomic mass is 16.5. The molecule has 2 heterocycles. The number of carbonyl (C=O) groups is 3. The molecule has 1 saturated heterocycles. The summed E-state index contributed by atoms with van der Waals surface area (Å²) in [5, 5.41) is 0. The lowest BCUT2D eigenvalue weighted by Gasteiger charge is -2.01. The van der Waals surface area contributed by atoms with Gasteiger partial charge < -0.3 is 4.74 Å². The zero-order chi connectivity index (χ0) is 13.8. The third-order valence-corrected chi connectivity index (χ3v) is 2.52. The summed E-state index contributed by atoms with van der Waals surface area (Å²) < 4.78 is 5.02. The van der Waals surface area contributed by atoms with Crippen LogP contribution in [0.2, 0.25) is 0 Å². The largest absolute Gasteiger partial charge is 0.427 e. The van der Waals surface area contributed by atoms with Gasteiger partial charge >= 0.3 is 5.97 Å². The Morgan fingerprint density at radius 1 is 1.21 bits per heavy atom. The Morgan fingerprint density at radius 3 is 2.26 bits per heavy atom. The summed E-state index contributed by atoms with van der Waals surface area (Å²) in [7, 11) is 0. The normalized spacial score (nSPS) is 14.6. The van der Waals surface area contributed by atoms with E-state index in [1.807, 2.05) is 25.1 Å². The highest BCUT2D eigenvalue weighted by Crippen LogP contribution is 2.33. The van der Waals surface area contributed by atoms with Gasteiger partial charge in [0.15, 0.2) is 0 Å². The van der Waals surface area contributed by atoms with Gasteiger partial charge in [0.25, 0.3) is 11.8 Å². The maximum Gasteiger partial charge on any atom is 0.311 e. The number of esters is 1. The molecule has 0 bridgehead atoms. The summed E-state index contributed by atoms with van der Waals surface area (Å²) in [6.45, 7) is 1.95. The van der Waals surface area contributed by atoms with Crippen LogP contribution in [0.5, 0.6) is 5.75 Å². The fraction of sp³-hybridized carbons (Fsp3) is 0.214. The zero-order valence-corrected chi connectivity index (χ0v) is 10.5. The lowest BCUT2D eigenvalue weighted by molar-refractivity contribution is -0.134. The van der Waals surface area contributed by atoms with Gasteiger partial charge in [0, 0.05) is 12.5 Å². The van der Waals surface area contributed by atoms with Crippen LogP contribution in [-0.4, -0.2) is 22.7 Å². The third-order valence-electron chi connectivity index (χ3n) is 2.52. The summed E-state index contributed by atoms with van der Waals surface area (Å²) in [6, 6.07) is 9.11. The molecule has 2 amide bonds. The van der Waals surface area contributed by atoms with Crippen molar-refractivity contribution in [3.05, 3.63) is 42.1 Å². The fourth-order valence-corrected chi connectivity index (χ4v) is 1.50. The average Bonchev–Trinajstić information content (AvgIpc) is 2.93. The van der Waals surface area contributed by atoms with E-state index in [4.69, 9.17) is 4.74 Å². The lowest BCUT2D eigenvalue weighted by Crippen LogP contribution is -2.12. The molecule has 2 aliphatic heterocycles. The molecule has 0 saturated carbocycles. The predicted molar refractivity (Wildman–Crippen MR) is 66.9 cm³/mol. The standard InChI is InChI=1S/C10H12O2.C4HNO2/c1-2-6-10(11)12-9-7-4-3-5-8-9;6-3-1-2-4(7)5(2)3/h3-5,7-8H,2,6H2,1H3;1H. The Morgan fingerprint density at radius 2 is 1.89 bits per heavy atom. The van der Waals surface area contributed by atoms with Crippen LogP contribution in [0.15, 0.2) is 42.1 Å². The van der Waals surface area contributed by atoms with Crippen molar-refractivity contribution in [1.82, 2.24) is 4.90 Å². The Bertz CT molecular complexity index is 540. The Balaban J connectivity index is 0.000000159. The second-order valence-electron chi connectivity index (χ2n) is 4.05. The summed E-state index contributed by atoms with van der Waals surface area (Å²) in [6.07, 6.45) is 2.64. The highest BCUT2D eigenvalue weighted by Gasteiger charge is 2.52. The SMILES string of the molecule is CCCC(=O)Oc1ccccc1.O=C1C=C2C(=O)N12. The molecule has 1 aromatic carbocycles. The smallest absolute Gasteiger partial charge is 0.311 e. The van der Waals surface area contributed by atoms with E-state index >= 15 is 0 Å². The monoisotopic (exact) mass is 259 g/mol. The lowest BCUT2D eigenvalue weighted by atomic mass is 10.3. The van der Waals surface area contributed by atoms with E-state index in [0.29, 0.717) is 17.9 Å². The number of hydrogen-bond donors (Lipinski definition) is 0. The van der Waals surface area contributed by atoms with Crippen molar-refractivity contribution in [3.8, 4) is 5.75 Å². The number of rotatable bonds is 3. The number of para-hydroxylation sites is 1. The molecule has 1 aromatic rings. The van der Waals surface area contributed by atoms with Gasteiger partial charge in [-0.2, -0.15) is 0 Å². The predicted octanol–water partition coefficient (Wildman–Crippen LogP) is 1.64. The average molecular weight is 259 g/mol. The number of amides is 2. The van der Waals surface area contributed by atoms with Crippen molar-refractivity contribution in [2.75, 3.05) is 0 Å². The first-order valence-corrected chi connectivity index (χ1v) is 5.99. The maximum atomic E-state index is 11.0. The molecular formula is C14H13NO4. The minimum Gasteiger partial charge on any atom is -0.427 e. The number of nitrogens with zero attached hydrogens (tertiary/aromatic N) is 1. The second-order valence-corrected chi connectivity index (χ2v) is 4.05. The van der Waals surface area contributed by atoms with Gasteiger partial charge in [-0.1, -0.05) is 25.1 Å². The molecule has 0 aliphatic carbocycles. The quantitative estimate of drug-likeness (QED) is 0.358. The molecule has 0 atom stereocenters. The number of carbonyl (C=O) groups excluding carboxylic acids is 3. The highest BCUT2D eigenvalue weighted by molar-refractivity contribution is 6.32. The van der Waals surface area contributed by atoms with E-state index in [0.717, 1.165) is 11.3 Å². The molecule has 0 radical (unpaired) electrons. The van der Waals surface area contributed by atoms with Crippen LogP contribution in [0.25, 0.3) is 0 Å². The van der Waals surface area contributed by atoms with Crippen LogP contribution in [-0.2, 0) is 14.4 Å². The Hall–Kier alpha value is -2.43. The molecule has 0 unspecified atom stereocenters. The summed E-state index contributed by atoms with van der Waals surface area (Å²) >= 11 is 0. The Kier molecular flexibility index (Phi) is 3.75. The molecule has 1 fully saturated rings. The van der Waals surface area contributed by atoms with Crippen molar-refractivity contribution in [2.24, 2.45) is 0 Å². The van der Waals surface area contributed by atoms with Crippen LogP contribution >= 0.6 is 0 Å². The van der Waals surface area contributed by atoms with Crippen LogP contribution in [0, 0.1) is 0 Å². The molecule has 5 heteroatoms. The van der Waals surface area contributed by atoms with Crippen molar-refractivity contribution in [1.29, 1.82) is 0 Å². The number of ether oxygens (including phenoxy) is 1. The van der Waals surface area contributed by atoms with E-state index < -0.39 is 0 Å². The van der Waals surface area contributed by atoms with Gasteiger partial charge in [-0.15, -0.1) is 0 Å². The van der Waals surface area contributed by atoms with Gasteiger partial charge in [-0.25, -0.2) is 4.90 Å². The van der Waals surface area contributed by atoms with E-state index in [9.17, 15) is 14.4 Å². The Labute approximate surface area is 110 Å². The van der Waals surface area contributed by atoms with Crippen LogP contribution in [0.4, 0.5) is 0 Å². The number of benzene rings is 1. The van der Waals surface area contributed by atoms with Crippen molar-refractivity contribution in [3.63, 3.8) is 0 Å². The van der Waals surface area contributed by atoms with Gasteiger partial charge in [-0.3, -0.25) is 14.4 Å². The van der Waals surface area contributed by atoms with Crippen molar-refractivity contribution in [2.45, 2.75) is 19.8 Å². The molecule has 5 nitrogen and oxygen atoms in total. The first-order chi connectivity index (χ1) is 9.13. The second kappa shape index (κ2) is 5.48. The molecule has 19 heavy (non-hydrogen) atoms. The number of imide groups is 1. The molecular weight excluding hydrogens is 246 g/mol. The fourth-order valence-electron chi connectivity index (χ4n) is 1.50. The summed E-state index contributed by atoms with van der Waals surface area (Å²) in [5.74, 6) is 0.171. The van der Waals surface area contributed by atoms with Gasteiger partial charge in [-0.05, 0) is 18.6 Å². The molecule has 0 N–H and O–H groups in total. The third kappa shape index (κ3) is 3.07. The number of hydrogen-bond acceptors (Lipinski definition) is 4. The van der Waals surface area contributed by atoms with Gasteiger partial charge in [0.2, 0.25) is 0 Å². The molecule has 0 aromatic heterocycles. The summed E-state index contributed by atoms with van der Waals surface area (Å²) in [5.41, 5.74) is 0.574. The first-order valence-electron chi connectivity index (χ1n) is 5.99. The van der Waals surface area contributed by atoms with Crippen molar-refractivity contribution < 1.29 is 19.1 Å². The molecule has 0 spiro atoms. The molecule has 3 rings (SSSR count). The van der Waals surface area contributed by atoms with Gasteiger partial charge in [0.05, 0.1) is 0 Å². The van der Waals surface area contributed by atoms with E-state index in [1.165, 1.54) is 6.08 Å². The van der Waals surface area contributed by atoms with Gasteiger partial charge in [0.1, 0.15) is 11.4 Å². The first kappa shape index (κ1) is 13.0. The molecule has 2 aliphatic rings. The topological polar surface area (TPSA) is 63.5 Å². The van der Waals surface area contributed by atoms with Crippen LogP contribution < -0.4 is 4.74 Å².